The molecule has 1 aromatic carbocycles. The van der Waals surface area contributed by atoms with Crippen molar-refractivity contribution >= 4 is 39.0 Å². The Bertz CT molecular complexity index is 496. The van der Waals surface area contributed by atoms with Crippen molar-refractivity contribution in [1.82, 2.24) is 4.98 Å². The molecule has 2 aromatic rings. The number of nitrogens with two attached hydrogens (primary N) is 1. The Morgan fingerprint density at radius 3 is 3.06 bits per heavy atom. The number of thiazole rings is 1. The van der Waals surface area contributed by atoms with Gasteiger partial charge in [-0.2, -0.15) is 0 Å². The van der Waals surface area contributed by atoms with E-state index in [-0.39, 0.29) is 0 Å². The van der Waals surface area contributed by atoms with Crippen molar-refractivity contribution in [1.29, 1.82) is 0 Å². The molecule has 0 unspecified atom stereocenters. The smallest absolute Gasteiger partial charge is 0.0907 e. The van der Waals surface area contributed by atoms with E-state index in [1.54, 1.807) is 30.2 Å². The number of rotatable bonds is 4. The summed E-state index contributed by atoms with van der Waals surface area (Å²) in [6.45, 7) is 2.75. The fourth-order valence-electron chi connectivity index (χ4n) is 1.45. The van der Waals surface area contributed by atoms with Crippen LogP contribution in [-0.2, 0) is 4.74 Å². The van der Waals surface area contributed by atoms with Gasteiger partial charge in [-0.1, -0.05) is 0 Å². The zero-order valence-electron chi connectivity index (χ0n) is 9.32. The van der Waals surface area contributed by atoms with Gasteiger partial charge in [-0.15, -0.1) is 23.1 Å². The molecule has 0 aliphatic rings. The predicted octanol–water partition coefficient (Wildman–Crippen LogP) is 2.93. The van der Waals surface area contributed by atoms with Crippen LogP contribution in [0, 0.1) is 6.92 Å². The summed E-state index contributed by atoms with van der Waals surface area (Å²) in [6, 6.07) is 4.07. The lowest BCUT2D eigenvalue weighted by molar-refractivity contribution is 0.218. The van der Waals surface area contributed by atoms with Gasteiger partial charge in [-0.3, -0.25) is 0 Å². The molecule has 0 aliphatic carbocycles. The van der Waals surface area contributed by atoms with E-state index < -0.39 is 0 Å². The van der Waals surface area contributed by atoms with Crippen LogP contribution in [0.4, 0.5) is 5.69 Å². The van der Waals surface area contributed by atoms with Gasteiger partial charge in [-0.25, -0.2) is 4.98 Å². The number of hydrogen-bond acceptors (Lipinski definition) is 5. The van der Waals surface area contributed by atoms with Crippen molar-refractivity contribution < 1.29 is 4.74 Å². The molecule has 1 heterocycles. The van der Waals surface area contributed by atoms with E-state index in [1.165, 1.54) is 0 Å². The molecule has 0 radical (unpaired) electrons. The van der Waals surface area contributed by atoms with Crippen LogP contribution >= 0.6 is 23.1 Å². The molecule has 0 saturated heterocycles. The SMILES string of the molecule is COCCSc1cc2nc(C)sc2cc1N. The number of fused-ring (bicyclic) bond motifs is 1. The molecule has 2 N–H and O–H groups in total. The summed E-state index contributed by atoms with van der Waals surface area (Å²) in [5.74, 6) is 0.912. The molecule has 0 fully saturated rings. The van der Waals surface area contributed by atoms with Gasteiger partial charge < -0.3 is 10.5 Å². The lowest BCUT2D eigenvalue weighted by atomic mass is 10.3. The third-order valence-electron chi connectivity index (χ3n) is 2.17. The molecule has 0 bridgehead atoms. The number of aryl methyl sites for hydroxylation is 1. The maximum atomic E-state index is 6.00. The summed E-state index contributed by atoms with van der Waals surface area (Å²) in [7, 11) is 1.71. The first-order chi connectivity index (χ1) is 7.70. The van der Waals surface area contributed by atoms with Crippen LogP contribution in [0.2, 0.25) is 0 Å². The zero-order valence-corrected chi connectivity index (χ0v) is 11.0. The van der Waals surface area contributed by atoms with Crippen LogP contribution < -0.4 is 5.73 Å². The van der Waals surface area contributed by atoms with Crippen molar-refractivity contribution in [3.63, 3.8) is 0 Å². The van der Waals surface area contributed by atoms with Crippen LogP contribution in [0.25, 0.3) is 10.2 Å². The van der Waals surface area contributed by atoms with Crippen molar-refractivity contribution in [2.75, 3.05) is 25.2 Å². The Labute approximate surface area is 103 Å². The van der Waals surface area contributed by atoms with E-state index >= 15 is 0 Å². The van der Waals surface area contributed by atoms with Gasteiger partial charge in [0.25, 0.3) is 0 Å². The Balaban J connectivity index is 2.27. The number of methoxy groups -OCH3 is 1. The molecular formula is C11H14N2OS2. The number of anilines is 1. The predicted molar refractivity (Wildman–Crippen MR) is 71.4 cm³/mol. The summed E-state index contributed by atoms with van der Waals surface area (Å²) in [5.41, 5.74) is 7.86. The van der Waals surface area contributed by atoms with Crippen LogP contribution in [0.1, 0.15) is 5.01 Å². The molecule has 3 nitrogen and oxygen atoms in total. The molecule has 2 rings (SSSR count). The normalized spacial score (nSPS) is 11.1. The molecule has 5 heteroatoms. The second-order valence-corrected chi connectivity index (χ2v) is 5.80. The lowest BCUT2D eigenvalue weighted by Gasteiger charge is -2.04. The Hall–Kier alpha value is -0.780. The first kappa shape index (κ1) is 11.7. The lowest BCUT2D eigenvalue weighted by Crippen LogP contribution is -1.94. The van der Waals surface area contributed by atoms with Crippen LogP contribution in [-0.4, -0.2) is 24.5 Å². The third kappa shape index (κ3) is 2.48. The monoisotopic (exact) mass is 254 g/mol. The Kier molecular flexibility index (Phi) is 3.68. The van der Waals surface area contributed by atoms with Gasteiger partial charge in [0, 0.05) is 23.4 Å². The quantitative estimate of drug-likeness (QED) is 0.518. The molecule has 0 atom stereocenters. The van der Waals surface area contributed by atoms with Crippen LogP contribution in [0.5, 0.6) is 0 Å². The maximum absolute atomic E-state index is 6.00. The van der Waals surface area contributed by atoms with Crippen molar-refractivity contribution in [3.8, 4) is 0 Å². The highest BCUT2D eigenvalue weighted by atomic mass is 32.2. The number of hydrogen-bond donors (Lipinski definition) is 1. The summed E-state index contributed by atoms with van der Waals surface area (Å²) in [5, 5.41) is 1.08. The molecule has 0 saturated carbocycles. The van der Waals surface area contributed by atoms with Gasteiger partial charge >= 0.3 is 0 Å². The minimum absolute atomic E-state index is 0.734. The summed E-state index contributed by atoms with van der Waals surface area (Å²) in [6.07, 6.45) is 0. The number of ether oxygens (including phenoxy) is 1. The highest BCUT2D eigenvalue weighted by Crippen LogP contribution is 2.32. The second-order valence-electron chi connectivity index (χ2n) is 3.43. The highest BCUT2D eigenvalue weighted by molar-refractivity contribution is 7.99. The van der Waals surface area contributed by atoms with Gasteiger partial charge in [0.05, 0.1) is 21.8 Å². The number of aromatic nitrogens is 1. The largest absolute Gasteiger partial charge is 0.398 e. The number of benzene rings is 1. The van der Waals surface area contributed by atoms with E-state index in [2.05, 4.69) is 11.1 Å². The second kappa shape index (κ2) is 5.03. The van der Waals surface area contributed by atoms with E-state index in [0.717, 1.165) is 38.2 Å². The number of nitrogens with zero attached hydrogens (tertiary/aromatic N) is 1. The molecule has 16 heavy (non-hydrogen) atoms. The van der Waals surface area contributed by atoms with Crippen LogP contribution in [0.15, 0.2) is 17.0 Å². The van der Waals surface area contributed by atoms with Gasteiger partial charge in [0.1, 0.15) is 0 Å². The maximum Gasteiger partial charge on any atom is 0.0907 e. The molecule has 0 spiro atoms. The van der Waals surface area contributed by atoms with Gasteiger partial charge in [0.15, 0.2) is 0 Å². The highest BCUT2D eigenvalue weighted by Gasteiger charge is 2.06. The molecule has 86 valence electrons. The molecule has 0 aliphatic heterocycles. The average Bonchev–Trinajstić information content (AvgIpc) is 2.58. The van der Waals surface area contributed by atoms with Crippen molar-refractivity contribution in [2.24, 2.45) is 0 Å². The number of thioether (sulfide) groups is 1. The van der Waals surface area contributed by atoms with E-state index in [9.17, 15) is 0 Å². The van der Waals surface area contributed by atoms with Gasteiger partial charge in [0.2, 0.25) is 0 Å². The standard InChI is InChI=1S/C11H14N2OS2/c1-7-13-9-6-10(15-4-3-14-2)8(12)5-11(9)16-7/h5-6H,3-4,12H2,1-2H3. The first-order valence-corrected chi connectivity index (χ1v) is 6.79. The first-order valence-electron chi connectivity index (χ1n) is 4.99. The summed E-state index contributed by atoms with van der Waals surface area (Å²) in [4.78, 5) is 5.55. The topological polar surface area (TPSA) is 48.1 Å². The molecular weight excluding hydrogens is 240 g/mol. The fourth-order valence-corrected chi connectivity index (χ4v) is 3.19. The number of nitrogen functional groups attached to an aromatic ring is 1. The molecule has 0 amide bonds. The van der Waals surface area contributed by atoms with E-state index in [4.69, 9.17) is 10.5 Å². The van der Waals surface area contributed by atoms with Crippen molar-refractivity contribution in [2.45, 2.75) is 11.8 Å². The minimum Gasteiger partial charge on any atom is -0.398 e. The average molecular weight is 254 g/mol. The summed E-state index contributed by atoms with van der Waals surface area (Å²) >= 11 is 3.39. The summed E-state index contributed by atoms with van der Waals surface area (Å²) < 4.78 is 6.18. The Morgan fingerprint density at radius 1 is 1.50 bits per heavy atom. The fraction of sp³-hybridized carbons (Fsp3) is 0.364. The minimum atomic E-state index is 0.734. The molecule has 1 aromatic heterocycles. The van der Waals surface area contributed by atoms with E-state index in [1.807, 2.05) is 13.0 Å². The zero-order chi connectivity index (χ0) is 11.5. The van der Waals surface area contributed by atoms with Gasteiger partial charge in [-0.05, 0) is 19.1 Å². The van der Waals surface area contributed by atoms with E-state index in [0.29, 0.717) is 0 Å². The third-order valence-corrected chi connectivity index (χ3v) is 4.14. The Morgan fingerprint density at radius 2 is 2.31 bits per heavy atom. The van der Waals surface area contributed by atoms with Crippen molar-refractivity contribution in [3.05, 3.63) is 17.1 Å². The van der Waals surface area contributed by atoms with Crippen LogP contribution in [0.3, 0.4) is 0 Å².